The van der Waals surface area contributed by atoms with Crippen LogP contribution in [-0.2, 0) is 18.1 Å². The zero-order valence-corrected chi connectivity index (χ0v) is 19.3. The first-order chi connectivity index (χ1) is 14.2. The normalized spacial score (nSPS) is 15.9. The van der Waals surface area contributed by atoms with Crippen LogP contribution in [0.15, 0.2) is 41.7 Å². The van der Waals surface area contributed by atoms with Crippen molar-refractivity contribution in [3.8, 4) is 0 Å². The second-order valence-electron chi connectivity index (χ2n) is 7.29. The van der Waals surface area contributed by atoms with Gasteiger partial charge in [-0.15, -0.1) is 24.0 Å². The highest BCUT2D eigenvalue weighted by Crippen LogP contribution is 2.44. The summed E-state index contributed by atoms with van der Waals surface area (Å²) in [4.78, 5) is 8.21. The van der Waals surface area contributed by atoms with Crippen LogP contribution >= 0.6 is 24.0 Å². The van der Waals surface area contributed by atoms with Crippen LogP contribution in [0.2, 0.25) is 0 Å². The fourth-order valence-corrected chi connectivity index (χ4v) is 3.58. The molecule has 1 saturated carbocycles. The number of rotatable bonds is 7. The summed E-state index contributed by atoms with van der Waals surface area (Å²) in [7, 11) is 0. The largest absolute Gasteiger partial charge is 0.416 e. The molecule has 5 nitrogen and oxygen atoms in total. The molecule has 172 valence electrons. The van der Waals surface area contributed by atoms with Gasteiger partial charge in [-0.25, -0.2) is 9.98 Å². The highest BCUT2D eigenvalue weighted by atomic mass is 127. The topological polar surface area (TPSA) is 54.2 Å². The zero-order chi connectivity index (χ0) is 21.8. The van der Waals surface area contributed by atoms with E-state index in [1.54, 1.807) is 6.07 Å². The third kappa shape index (κ3) is 6.07. The average Bonchev–Trinajstić information content (AvgIpc) is 3.13. The van der Waals surface area contributed by atoms with Crippen LogP contribution < -0.4 is 10.6 Å². The number of nitrogens with zero attached hydrogens (tertiary/aromatic N) is 3. The Balaban J connectivity index is 0.00000341. The number of aliphatic imine (C=N–C) groups is 1. The third-order valence-corrected chi connectivity index (χ3v) is 5.39. The van der Waals surface area contributed by atoms with Crippen molar-refractivity contribution >= 4 is 29.9 Å². The van der Waals surface area contributed by atoms with Gasteiger partial charge in [0.05, 0.1) is 5.56 Å². The van der Waals surface area contributed by atoms with E-state index in [2.05, 4.69) is 20.6 Å². The maximum Gasteiger partial charge on any atom is 0.416 e. The van der Waals surface area contributed by atoms with E-state index in [-0.39, 0.29) is 36.3 Å². The molecule has 2 aromatic rings. The Morgan fingerprint density at radius 3 is 2.58 bits per heavy atom. The summed E-state index contributed by atoms with van der Waals surface area (Å²) in [6, 6.07) is 5.44. The van der Waals surface area contributed by atoms with Gasteiger partial charge in [0, 0.05) is 30.9 Å². The molecule has 0 saturated heterocycles. The number of imidazole rings is 1. The lowest BCUT2D eigenvalue weighted by Crippen LogP contribution is -2.49. The first-order valence-electron chi connectivity index (χ1n) is 9.75. The van der Waals surface area contributed by atoms with Crippen LogP contribution in [0.1, 0.15) is 49.7 Å². The molecular formula is C20H25F5IN5. The van der Waals surface area contributed by atoms with Crippen LogP contribution in [0.25, 0.3) is 0 Å². The van der Waals surface area contributed by atoms with Crippen molar-refractivity contribution in [3.63, 3.8) is 0 Å². The van der Waals surface area contributed by atoms with Crippen molar-refractivity contribution in [1.82, 2.24) is 20.2 Å². The Bertz CT molecular complexity index is 877. The monoisotopic (exact) mass is 557 g/mol. The molecule has 0 spiro atoms. The maximum absolute atomic E-state index is 13.1. The van der Waals surface area contributed by atoms with Crippen molar-refractivity contribution in [2.75, 3.05) is 13.1 Å². The molecule has 31 heavy (non-hydrogen) atoms. The molecule has 0 unspecified atom stereocenters. The Kier molecular flexibility index (Phi) is 8.66. The van der Waals surface area contributed by atoms with Crippen molar-refractivity contribution in [2.24, 2.45) is 4.99 Å². The molecule has 1 fully saturated rings. The average molecular weight is 557 g/mol. The van der Waals surface area contributed by atoms with Crippen LogP contribution in [0.3, 0.4) is 0 Å². The van der Waals surface area contributed by atoms with E-state index >= 15 is 0 Å². The molecule has 0 radical (unpaired) electrons. The van der Waals surface area contributed by atoms with E-state index in [1.165, 1.54) is 24.5 Å². The molecule has 1 aromatic carbocycles. The minimum atomic E-state index is -4.39. The van der Waals surface area contributed by atoms with Crippen molar-refractivity contribution in [2.45, 2.75) is 50.9 Å². The minimum absolute atomic E-state index is 0. The van der Waals surface area contributed by atoms with Crippen molar-refractivity contribution < 1.29 is 22.0 Å². The number of hydrogen-bond donors (Lipinski definition) is 2. The van der Waals surface area contributed by atoms with Crippen LogP contribution in [0.4, 0.5) is 22.0 Å². The van der Waals surface area contributed by atoms with Gasteiger partial charge in [0.15, 0.2) is 5.96 Å². The van der Waals surface area contributed by atoms with Crippen molar-refractivity contribution in [1.29, 1.82) is 0 Å². The van der Waals surface area contributed by atoms with Crippen molar-refractivity contribution in [3.05, 3.63) is 53.6 Å². The van der Waals surface area contributed by atoms with Crippen LogP contribution in [0.5, 0.6) is 0 Å². The summed E-state index contributed by atoms with van der Waals surface area (Å²) >= 11 is 0. The van der Waals surface area contributed by atoms with E-state index < -0.39 is 23.7 Å². The molecule has 0 amide bonds. The third-order valence-electron chi connectivity index (χ3n) is 5.39. The highest BCUT2D eigenvalue weighted by molar-refractivity contribution is 14.0. The van der Waals surface area contributed by atoms with Gasteiger partial charge in [-0.2, -0.15) is 22.0 Å². The molecule has 0 aliphatic heterocycles. The molecule has 1 heterocycles. The van der Waals surface area contributed by atoms with Crippen LogP contribution in [0, 0.1) is 0 Å². The Labute approximate surface area is 194 Å². The molecule has 0 atom stereocenters. The van der Waals surface area contributed by atoms with E-state index in [0.717, 1.165) is 29.9 Å². The second-order valence-corrected chi connectivity index (χ2v) is 7.29. The molecule has 1 aliphatic rings. The smallest absolute Gasteiger partial charge is 0.357 e. The number of alkyl halides is 5. The summed E-state index contributed by atoms with van der Waals surface area (Å²) in [5, 5.41) is 6.20. The minimum Gasteiger partial charge on any atom is -0.357 e. The Hall–Kier alpha value is -1.92. The predicted octanol–water partition coefficient (Wildman–Crippen LogP) is 5.09. The highest BCUT2D eigenvalue weighted by Gasteiger charge is 2.40. The van der Waals surface area contributed by atoms with E-state index in [9.17, 15) is 22.0 Å². The van der Waals surface area contributed by atoms with Gasteiger partial charge < -0.3 is 10.6 Å². The number of nitrogens with one attached hydrogen (secondary N) is 2. The molecule has 0 bridgehead atoms. The Morgan fingerprint density at radius 2 is 2.00 bits per heavy atom. The van der Waals surface area contributed by atoms with Gasteiger partial charge >= 0.3 is 12.7 Å². The summed E-state index contributed by atoms with van der Waals surface area (Å²) in [5.41, 5.74) is -0.440. The summed E-state index contributed by atoms with van der Waals surface area (Å²) < 4.78 is 66.0. The number of halogens is 6. The lowest BCUT2D eigenvalue weighted by atomic mass is 9.64. The maximum atomic E-state index is 13.1. The molecule has 1 aliphatic carbocycles. The van der Waals surface area contributed by atoms with Gasteiger partial charge in [-0.05, 0) is 31.4 Å². The number of benzene rings is 1. The molecule has 1 aromatic heterocycles. The first kappa shape index (κ1) is 25.3. The van der Waals surface area contributed by atoms with Gasteiger partial charge in [0.25, 0.3) is 0 Å². The summed E-state index contributed by atoms with van der Waals surface area (Å²) in [5.74, 6) is 0.526. The number of aromatic nitrogens is 2. The number of hydrogen-bond acceptors (Lipinski definition) is 2. The SMILES string of the molecule is CCNC(=NCc1nccn1C(F)F)NCC1(c2cccc(C(F)(F)F)c2)CCC1.I. The fraction of sp³-hybridized carbons (Fsp3) is 0.500. The Morgan fingerprint density at radius 1 is 1.26 bits per heavy atom. The number of guanidine groups is 1. The second kappa shape index (κ2) is 10.6. The lowest BCUT2D eigenvalue weighted by Gasteiger charge is -2.43. The van der Waals surface area contributed by atoms with E-state index in [1.807, 2.05) is 6.92 Å². The molecule has 3 rings (SSSR count). The molecular weight excluding hydrogens is 532 g/mol. The summed E-state index contributed by atoms with van der Waals surface area (Å²) in [6.45, 7) is 0.0501. The summed E-state index contributed by atoms with van der Waals surface area (Å²) in [6.07, 6.45) is 0.531. The lowest BCUT2D eigenvalue weighted by molar-refractivity contribution is -0.137. The van der Waals surface area contributed by atoms with Gasteiger partial charge in [0.2, 0.25) is 0 Å². The zero-order valence-electron chi connectivity index (χ0n) is 16.9. The van der Waals surface area contributed by atoms with Gasteiger partial charge in [0.1, 0.15) is 12.4 Å². The molecule has 11 heteroatoms. The van der Waals surface area contributed by atoms with E-state index in [4.69, 9.17) is 0 Å². The first-order valence-corrected chi connectivity index (χ1v) is 9.75. The molecule has 2 N–H and O–H groups in total. The fourth-order valence-electron chi connectivity index (χ4n) is 3.58. The van der Waals surface area contributed by atoms with Crippen LogP contribution in [-0.4, -0.2) is 28.6 Å². The van der Waals surface area contributed by atoms with E-state index in [0.29, 0.717) is 24.6 Å². The van der Waals surface area contributed by atoms with Gasteiger partial charge in [-0.3, -0.25) is 4.57 Å². The standard InChI is InChI=1S/C20H24F5N5.HI/c1-2-26-18(28-12-16-27-9-10-30(16)17(21)22)29-13-19(7-4-8-19)14-5-3-6-15(11-14)20(23,24)25;/h3,5-6,9-11,17H,2,4,7-8,12-13H2,1H3,(H2,26,28,29);1H. The quantitative estimate of drug-likeness (QED) is 0.216. The predicted molar refractivity (Wildman–Crippen MR) is 119 cm³/mol. The van der Waals surface area contributed by atoms with Gasteiger partial charge in [-0.1, -0.05) is 24.6 Å².